The third kappa shape index (κ3) is 5.42. The Morgan fingerprint density at radius 1 is 0.905 bits per heavy atom. The average Bonchev–Trinajstić information content (AvgIpc) is 3.44. The SMILES string of the molecule is CC1OC(C)(C)OCC(c2c[nH]c3c(N)ncnc23)OC1COC(c1ccccc1)(c1ccccc1)c1ccccc1. The van der Waals surface area contributed by atoms with Gasteiger partial charge in [-0.25, -0.2) is 9.97 Å². The number of nitrogens with two attached hydrogens (primary N) is 1. The van der Waals surface area contributed by atoms with E-state index in [2.05, 4.69) is 51.4 Å². The lowest BCUT2D eigenvalue weighted by atomic mass is 9.80. The molecule has 1 saturated heterocycles. The number of nitrogen functional groups attached to an aromatic ring is 1. The van der Waals surface area contributed by atoms with Crippen LogP contribution in [0.1, 0.15) is 49.1 Å². The number of ether oxygens (including phenoxy) is 4. The molecule has 1 aliphatic heterocycles. The summed E-state index contributed by atoms with van der Waals surface area (Å²) in [6.07, 6.45) is 2.07. The Hall–Kier alpha value is -4.08. The van der Waals surface area contributed by atoms with Gasteiger partial charge in [0.05, 0.1) is 24.8 Å². The van der Waals surface area contributed by atoms with Crippen molar-refractivity contribution in [2.24, 2.45) is 0 Å². The first kappa shape index (κ1) is 28.1. The fourth-order valence-electron chi connectivity index (χ4n) is 5.73. The highest BCUT2D eigenvalue weighted by Crippen LogP contribution is 2.41. The van der Waals surface area contributed by atoms with Crippen LogP contribution in [-0.2, 0) is 24.5 Å². The zero-order chi connectivity index (χ0) is 29.2. The normalized spacial score (nSPS) is 21.1. The molecular formula is C34H36N4O4. The van der Waals surface area contributed by atoms with E-state index in [9.17, 15) is 0 Å². The number of benzene rings is 3. The van der Waals surface area contributed by atoms with E-state index in [-0.39, 0.29) is 19.3 Å². The predicted octanol–water partition coefficient (Wildman–Crippen LogP) is 6.15. The maximum absolute atomic E-state index is 7.14. The van der Waals surface area contributed by atoms with Gasteiger partial charge in [0.1, 0.15) is 29.7 Å². The molecule has 3 heterocycles. The molecule has 0 amide bonds. The third-order valence-electron chi connectivity index (χ3n) is 7.79. The van der Waals surface area contributed by atoms with E-state index in [0.717, 1.165) is 22.3 Å². The zero-order valence-corrected chi connectivity index (χ0v) is 24.1. The largest absolute Gasteiger partial charge is 0.382 e. The van der Waals surface area contributed by atoms with Gasteiger partial charge in [0.2, 0.25) is 0 Å². The van der Waals surface area contributed by atoms with Gasteiger partial charge < -0.3 is 29.7 Å². The molecule has 0 bridgehead atoms. The van der Waals surface area contributed by atoms with Gasteiger partial charge in [-0.05, 0) is 37.5 Å². The van der Waals surface area contributed by atoms with Gasteiger partial charge in [0.15, 0.2) is 11.6 Å². The predicted molar refractivity (Wildman–Crippen MR) is 162 cm³/mol. The second kappa shape index (κ2) is 11.7. The Balaban J connectivity index is 1.41. The summed E-state index contributed by atoms with van der Waals surface area (Å²) in [6.45, 7) is 6.33. The molecule has 3 atom stereocenters. The molecule has 8 nitrogen and oxygen atoms in total. The lowest BCUT2D eigenvalue weighted by Gasteiger charge is -2.41. The second-order valence-corrected chi connectivity index (χ2v) is 11.0. The third-order valence-corrected chi connectivity index (χ3v) is 7.79. The maximum Gasteiger partial charge on any atom is 0.163 e. The number of hydrogen-bond acceptors (Lipinski definition) is 7. The Morgan fingerprint density at radius 3 is 2.05 bits per heavy atom. The molecule has 3 aromatic carbocycles. The van der Waals surface area contributed by atoms with Crippen molar-refractivity contribution in [2.75, 3.05) is 18.9 Å². The smallest absolute Gasteiger partial charge is 0.163 e. The minimum absolute atomic E-state index is 0.242. The zero-order valence-electron chi connectivity index (χ0n) is 24.1. The number of hydrogen-bond donors (Lipinski definition) is 2. The number of aromatic nitrogens is 3. The fourth-order valence-corrected chi connectivity index (χ4v) is 5.73. The van der Waals surface area contributed by atoms with Gasteiger partial charge in [-0.3, -0.25) is 0 Å². The summed E-state index contributed by atoms with van der Waals surface area (Å²) in [6, 6.07) is 30.9. The fraction of sp³-hybridized carbons (Fsp3) is 0.294. The molecule has 8 heteroatoms. The maximum atomic E-state index is 7.14. The van der Waals surface area contributed by atoms with Crippen LogP contribution in [0.25, 0.3) is 11.0 Å². The van der Waals surface area contributed by atoms with Crippen molar-refractivity contribution in [3.05, 3.63) is 126 Å². The number of rotatable bonds is 7. The summed E-state index contributed by atoms with van der Waals surface area (Å²) in [7, 11) is 0. The van der Waals surface area contributed by atoms with E-state index < -0.39 is 23.6 Å². The van der Waals surface area contributed by atoms with Crippen molar-refractivity contribution in [1.29, 1.82) is 0 Å². The second-order valence-electron chi connectivity index (χ2n) is 11.0. The van der Waals surface area contributed by atoms with Crippen molar-refractivity contribution in [1.82, 2.24) is 15.0 Å². The van der Waals surface area contributed by atoms with Crippen LogP contribution in [-0.4, -0.2) is 46.2 Å². The molecule has 1 fully saturated rings. The van der Waals surface area contributed by atoms with E-state index in [1.807, 2.05) is 81.6 Å². The number of H-pyrrole nitrogens is 1. The summed E-state index contributed by atoms with van der Waals surface area (Å²) in [5.41, 5.74) is 10.5. The lowest BCUT2D eigenvalue weighted by Crippen LogP contribution is -2.47. The first-order valence-electron chi connectivity index (χ1n) is 14.2. The molecule has 42 heavy (non-hydrogen) atoms. The molecule has 2 aromatic heterocycles. The van der Waals surface area contributed by atoms with Crippen molar-refractivity contribution < 1.29 is 18.9 Å². The van der Waals surface area contributed by atoms with Gasteiger partial charge in [0.25, 0.3) is 0 Å². The summed E-state index contributed by atoms with van der Waals surface area (Å²) in [5.74, 6) is -0.455. The Bertz CT molecular complexity index is 1510. The highest BCUT2D eigenvalue weighted by Gasteiger charge is 2.41. The van der Waals surface area contributed by atoms with Crippen molar-refractivity contribution >= 4 is 16.9 Å². The average molecular weight is 565 g/mol. The van der Waals surface area contributed by atoms with Gasteiger partial charge in [0, 0.05) is 11.8 Å². The highest BCUT2D eigenvalue weighted by atomic mass is 16.7. The Kier molecular flexibility index (Phi) is 7.79. The summed E-state index contributed by atoms with van der Waals surface area (Å²) >= 11 is 0. The number of aromatic amines is 1. The van der Waals surface area contributed by atoms with Crippen molar-refractivity contribution in [3.63, 3.8) is 0 Å². The Labute approximate surface area is 245 Å². The van der Waals surface area contributed by atoms with Gasteiger partial charge in [-0.2, -0.15) is 0 Å². The van der Waals surface area contributed by atoms with Crippen molar-refractivity contribution in [3.8, 4) is 0 Å². The van der Waals surface area contributed by atoms with E-state index in [0.29, 0.717) is 16.9 Å². The topological polar surface area (TPSA) is 105 Å². The van der Waals surface area contributed by atoms with Gasteiger partial charge in [-0.1, -0.05) is 91.0 Å². The molecule has 3 unspecified atom stereocenters. The number of nitrogens with one attached hydrogen (secondary N) is 1. The van der Waals surface area contributed by atoms with Crippen LogP contribution in [0, 0.1) is 0 Å². The summed E-state index contributed by atoms with van der Waals surface area (Å²) in [4.78, 5) is 11.8. The molecule has 5 aromatic rings. The molecule has 0 aliphatic carbocycles. The van der Waals surface area contributed by atoms with E-state index in [1.54, 1.807) is 0 Å². The van der Waals surface area contributed by atoms with Crippen LogP contribution in [0.3, 0.4) is 0 Å². The quantitative estimate of drug-likeness (QED) is 0.229. The number of anilines is 1. The van der Waals surface area contributed by atoms with Crippen LogP contribution < -0.4 is 5.73 Å². The lowest BCUT2D eigenvalue weighted by molar-refractivity contribution is -0.296. The van der Waals surface area contributed by atoms with Crippen LogP contribution in [0.4, 0.5) is 5.82 Å². The number of fused-ring (bicyclic) bond motifs is 1. The van der Waals surface area contributed by atoms with Gasteiger partial charge in [-0.15, -0.1) is 0 Å². The molecule has 0 radical (unpaired) electrons. The summed E-state index contributed by atoms with van der Waals surface area (Å²) < 4.78 is 26.5. The van der Waals surface area contributed by atoms with E-state index in [1.165, 1.54) is 6.33 Å². The van der Waals surface area contributed by atoms with E-state index >= 15 is 0 Å². The standard InChI is InChI=1S/C34H36N4O4/c1-23-28(41-29(21-39-33(2,3)42-23)27-19-36-31-30(27)37-22-38-32(31)35)20-40-34(24-13-7-4-8-14-24,25-15-9-5-10-16-25)26-17-11-6-12-18-26/h4-19,22-23,28-29,36H,20-21H2,1-3H3,(H2,35,37,38). The monoisotopic (exact) mass is 564 g/mol. The van der Waals surface area contributed by atoms with Gasteiger partial charge >= 0.3 is 0 Å². The molecule has 3 N–H and O–H groups in total. The van der Waals surface area contributed by atoms with Crippen LogP contribution in [0.15, 0.2) is 104 Å². The van der Waals surface area contributed by atoms with Crippen LogP contribution in [0.2, 0.25) is 0 Å². The minimum atomic E-state index is -0.890. The van der Waals surface area contributed by atoms with Crippen molar-refractivity contribution in [2.45, 2.75) is 50.5 Å². The first-order chi connectivity index (χ1) is 20.4. The van der Waals surface area contributed by atoms with Crippen LogP contribution in [0.5, 0.6) is 0 Å². The molecule has 0 saturated carbocycles. The molecule has 0 spiro atoms. The first-order valence-corrected chi connectivity index (χ1v) is 14.2. The van der Waals surface area contributed by atoms with E-state index in [4.69, 9.17) is 24.7 Å². The van der Waals surface area contributed by atoms with Crippen LogP contribution >= 0.6 is 0 Å². The molecule has 216 valence electrons. The highest BCUT2D eigenvalue weighted by molar-refractivity contribution is 5.87. The minimum Gasteiger partial charge on any atom is -0.382 e. The number of nitrogens with zero attached hydrogens (tertiary/aromatic N) is 2. The summed E-state index contributed by atoms with van der Waals surface area (Å²) in [5, 5.41) is 0. The molecule has 6 rings (SSSR count). The Morgan fingerprint density at radius 2 is 1.48 bits per heavy atom. The molecule has 1 aliphatic rings. The molecular weight excluding hydrogens is 528 g/mol.